The summed E-state index contributed by atoms with van der Waals surface area (Å²) in [6.07, 6.45) is 5.70. The Morgan fingerprint density at radius 1 is 1.31 bits per heavy atom. The van der Waals surface area contributed by atoms with Gasteiger partial charge in [-0.25, -0.2) is 15.0 Å². The van der Waals surface area contributed by atoms with Gasteiger partial charge >= 0.3 is 0 Å². The predicted octanol–water partition coefficient (Wildman–Crippen LogP) is 1.77. The van der Waals surface area contributed by atoms with E-state index in [2.05, 4.69) is 25.9 Å². The van der Waals surface area contributed by atoms with Crippen LogP contribution in [-0.4, -0.2) is 23.1 Å². The minimum atomic E-state index is 0.642. The summed E-state index contributed by atoms with van der Waals surface area (Å²) in [6.45, 7) is 1.64. The number of anilines is 1. The fraction of sp³-hybridized carbons (Fsp3) is 0.500. The summed E-state index contributed by atoms with van der Waals surface area (Å²) in [7, 11) is 0. The average Bonchev–Trinajstić information content (AvgIpc) is 2.20. The molecule has 0 amide bonds. The Kier molecular flexibility index (Phi) is 2.75. The molecule has 1 saturated heterocycles. The van der Waals surface area contributed by atoms with Gasteiger partial charge in [0.05, 0.1) is 11.1 Å². The third-order valence-electron chi connectivity index (χ3n) is 1.83. The molecule has 2 heterocycles. The summed E-state index contributed by atoms with van der Waals surface area (Å²) < 4.78 is 0.883. The zero-order valence-corrected chi connectivity index (χ0v) is 8.70. The Bertz CT molecular complexity index is 271. The topological polar surface area (TPSA) is 38.2 Å². The monoisotopic (exact) mass is 243 g/mol. The maximum Gasteiger partial charge on any atom is 0.249 e. The lowest BCUT2D eigenvalue weighted by atomic mass is 10.3. The molecule has 0 spiro atoms. The first-order chi connectivity index (χ1) is 6.36. The minimum absolute atomic E-state index is 0.642. The van der Waals surface area contributed by atoms with Crippen LogP contribution in [0.5, 0.6) is 0 Å². The Balaban J connectivity index is 2.10. The molecule has 4 nitrogen and oxygen atoms in total. The van der Waals surface area contributed by atoms with Crippen molar-refractivity contribution in [2.24, 2.45) is 0 Å². The lowest BCUT2D eigenvalue weighted by Crippen LogP contribution is -2.31. The highest BCUT2D eigenvalue weighted by Gasteiger charge is 2.13. The van der Waals surface area contributed by atoms with Crippen molar-refractivity contribution in [1.82, 2.24) is 9.97 Å². The molecule has 0 aliphatic carbocycles. The van der Waals surface area contributed by atoms with E-state index in [1.54, 1.807) is 17.5 Å². The van der Waals surface area contributed by atoms with Crippen molar-refractivity contribution in [3.63, 3.8) is 0 Å². The van der Waals surface area contributed by atoms with Crippen molar-refractivity contribution in [3.8, 4) is 0 Å². The van der Waals surface area contributed by atoms with Crippen molar-refractivity contribution in [2.75, 3.05) is 18.2 Å². The van der Waals surface area contributed by atoms with E-state index in [0.717, 1.165) is 30.5 Å². The van der Waals surface area contributed by atoms with Crippen LogP contribution in [0.1, 0.15) is 12.8 Å². The Morgan fingerprint density at radius 3 is 2.69 bits per heavy atom. The highest BCUT2D eigenvalue weighted by molar-refractivity contribution is 9.10. The van der Waals surface area contributed by atoms with Crippen LogP contribution < -0.4 is 5.06 Å². The fourth-order valence-corrected chi connectivity index (χ4v) is 1.39. The molecule has 0 atom stereocenters. The van der Waals surface area contributed by atoms with Crippen LogP contribution in [0, 0.1) is 0 Å². The third-order valence-corrected chi connectivity index (χ3v) is 2.24. The van der Waals surface area contributed by atoms with Crippen LogP contribution in [0.15, 0.2) is 16.9 Å². The molecule has 0 N–H and O–H groups in total. The van der Waals surface area contributed by atoms with Gasteiger partial charge in [0.25, 0.3) is 0 Å². The molecule has 13 heavy (non-hydrogen) atoms. The van der Waals surface area contributed by atoms with E-state index in [0.29, 0.717) is 5.95 Å². The third kappa shape index (κ3) is 2.16. The molecule has 1 aliphatic rings. The first-order valence-electron chi connectivity index (χ1n) is 4.24. The van der Waals surface area contributed by atoms with E-state index in [-0.39, 0.29) is 0 Å². The molecular weight excluding hydrogens is 234 g/mol. The van der Waals surface area contributed by atoms with Crippen LogP contribution in [0.4, 0.5) is 5.95 Å². The predicted molar refractivity (Wildman–Crippen MR) is 52.3 cm³/mol. The number of hydrogen-bond donors (Lipinski definition) is 0. The average molecular weight is 244 g/mol. The highest BCUT2D eigenvalue weighted by atomic mass is 79.9. The van der Waals surface area contributed by atoms with Gasteiger partial charge < -0.3 is 0 Å². The number of aromatic nitrogens is 2. The van der Waals surface area contributed by atoms with Crippen molar-refractivity contribution in [1.29, 1.82) is 0 Å². The van der Waals surface area contributed by atoms with E-state index in [1.807, 2.05) is 0 Å². The van der Waals surface area contributed by atoms with E-state index in [9.17, 15) is 0 Å². The van der Waals surface area contributed by atoms with Gasteiger partial charge in [-0.3, -0.25) is 4.84 Å². The standard InChI is InChI=1S/C8H10BrN3O/c9-7-5-10-8(11-6-7)12-3-1-2-4-13-12/h5-6H,1-4H2. The first kappa shape index (κ1) is 8.90. The second-order valence-electron chi connectivity index (χ2n) is 2.84. The van der Waals surface area contributed by atoms with Gasteiger partial charge in [-0.05, 0) is 28.8 Å². The maximum absolute atomic E-state index is 5.40. The van der Waals surface area contributed by atoms with E-state index in [4.69, 9.17) is 4.84 Å². The fourth-order valence-electron chi connectivity index (χ4n) is 1.19. The first-order valence-corrected chi connectivity index (χ1v) is 5.03. The van der Waals surface area contributed by atoms with Crippen molar-refractivity contribution in [3.05, 3.63) is 16.9 Å². The minimum Gasteiger partial charge on any atom is -0.271 e. The molecule has 0 aromatic carbocycles. The van der Waals surface area contributed by atoms with E-state index >= 15 is 0 Å². The zero-order chi connectivity index (χ0) is 9.10. The molecule has 0 bridgehead atoms. The number of hydroxylamine groups is 1. The number of halogens is 1. The van der Waals surface area contributed by atoms with E-state index in [1.165, 1.54) is 0 Å². The van der Waals surface area contributed by atoms with Gasteiger partial charge in [0.1, 0.15) is 0 Å². The maximum atomic E-state index is 5.40. The van der Waals surface area contributed by atoms with Crippen LogP contribution in [0.25, 0.3) is 0 Å². The molecule has 1 fully saturated rings. The molecule has 1 aromatic heterocycles. The summed E-state index contributed by atoms with van der Waals surface area (Å²) >= 11 is 3.29. The Hall–Kier alpha value is -0.680. The smallest absolute Gasteiger partial charge is 0.249 e. The molecule has 2 rings (SSSR count). The van der Waals surface area contributed by atoms with Crippen molar-refractivity contribution < 1.29 is 4.84 Å². The second kappa shape index (κ2) is 4.02. The Labute approximate surface area is 85.0 Å². The molecular formula is C8H10BrN3O. The van der Waals surface area contributed by atoms with Crippen molar-refractivity contribution in [2.45, 2.75) is 12.8 Å². The lowest BCUT2D eigenvalue weighted by Gasteiger charge is -2.25. The molecule has 1 aromatic rings. The number of nitrogens with zero attached hydrogens (tertiary/aromatic N) is 3. The van der Waals surface area contributed by atoms with Gasteiger partial charge in [-0.1, -0.05) is 0 Å². The van der Waals surface area contributed by atoms with Crippen LogP contribution in [0.3, 0.4) is 0 Å². The normalized spacial score (nSPS) is 17.5. The van der Waals surface area contributed by atoms with E-state index < -0.39 is 0 Å². The summed E-state index contributed by atoms with van der Waals surface area (Å²) in [5, 5.41) is 1.75. The quantitative estimate of drug-likeness (QED) is 0.754. The summed E-state index contributed by atoms with van der Waals surface area (Å²) in [4.78, 5) is 13.7. The SMILES string of the molecule is Brc1cnc(N2CCCCO2)nc1. The Morgan fingerprint density at radius 2 is 2.08 bits per heavy atom. The zero-order valence-electron chi connectivity index (χ0n) is 7.11. The van der Waals surface area contributed by atoms with Gasteiger partial charge in [0.2, 0.25) is 5.95 Å². The molecule has 0 radical (unpaired) electrons. The van der Waals surface area contributed by atoms with Gasteiger partial charge in [-0.15, -0.1) is 0 Å². The molecule has 1 aliphatic heterocycles. The summed E-state index contributed by atoms with van der Waals surface area (Å²) in [6, 6.07) is 0. The van der Waals surface area contributed by atoms with Crippen LogP contribution in [-0.2, 0) is 4.84 Å². The summed E-state index contributed by atoms with van der Waals surface area (Å²) in [5.41, 5.74) is 0. The number of rotatable bonds is 1. The molecule has 0 saturated carbocycles. The lowest BCUT2D eigenvalue weighted by molar-refractivity contribution is 0.0743. The van der Waals surface area contributed by atoms with Gasteiger partial charge in [-0.2, -0.15) is 0 Å². The second-order valence-corrected chi connectivity index (χ2v) is 3.76. The van der Waals surface area contributed by atoms with Gasteiger partial charge in [0, 0.05) is 18.9 Å². The largest absolute Gasteiger partial charge is 0.271 e. The van der Waals surface area contributed by atoms with Crippen LogP contribution in [0.2, 0.25) is 0 Å². The highest BCUT2D eigenvalue weighted by Crippen LogP contribution is 2.14. The van der Waals surface area contributed by atoms with Gasteiger partial charge in [0.15, 0.2) is 0 Å². The molecule has 70 valence electrons. The molecule has 0 unspecified atom stereocenters. The summed E-state index contributed by atoms with van der Waals surface area (Å²) in [5.74, 6) is 0.642. The molecule has 5 heteroatoms. The van der Waals surface area contributed by atoms with Crippen LogP contribution >= 0.6 is 15.9 Å². The number of hydrogen-bond acceptors (Lipinski definition) is 4. The van der Waals surface area contributed by atoms with Crippen molar-refractivity contribution >= 4 is 21.9 Å².